The van der Waals surface area contributed by atoms with Gasteiger partial charge in [-0.2, -0.15) is 0 Å². The fraction of sp³-hybridized carbons (Fsp3) is 0.0370. The average molecular weight is 549 g/mol. The first-order valence-corrected chi connectivity index (χ1v) is 15.2. The van der Waals surface area contributed by atoms with Crippen molar-refractivity contribution in [2.45, 2.75) is 6.16 Å². The van der Waals surface area contributed by atoms with Crippen LogP contribution >= 0.6 is 27.4 Å². The summed E-state index contributed by atoms with van der Waals surface area (Å²) in [6.45, 7) is 0. The normalized spacial score (nSPS) is 11.0. The second kappa shape index (κ2) is 12.3. The summed E-state index contributed by atoms with van der Waals surface area (Å²) < 4.78 is 5.56. The topological polar surface area (TPSA) is 38.1 Å². The minimum atomic E-state index is -2.23. The molecule has 0 unspecified atom stereocenters. The van der Waals surface area contributed by atoms with E-state index in [0.717, 1.165) is 28.4 Å². The first-order chi connectivity index (χ1) is 16.8. The number of aromatic nitrogens is 2. The van der Waals surface area contributed by atoms with Crippen LogP contribution in [-0.2, 0) is 18.8 Å². The molecule has 2 aromatic heterocycles. The van der Waals surface area contributed by atoms with Crippen molar-refractivity contribution in [1.29, 1.82) is 0 Å². The number of nitrogens with zero attached hydrogens (tertiary/aromatic N) is 3. The van der Waals surface area contributed by atoms with Crippen LogP contribution in [0.1, 0.15) is 5.69 Å². The van der Waals surface area contributed by atoms with Crippen LogP contribution in [0.3, 0.4) is 0 Å². The van der Waals surface area contributed by atoms with Crippen LogP contribution < -0.4 is 10.6 Å². The van der Waals surface area contributed by atoms with Crippen molar-refractivity contribution in [1.82, 2.24) is 9.97 Å². The molecule has 2 heterocycles. The minimum absolute atomic E-state index is 0.569. The molecular weight excluding hydrogens is 527 g/mol. The number of para-hydroxylation sites is 1. The van der Waals surface area contributed by atoms with E-state index in [2.05, 4.69) is 101 Å². The van der Waals surface area contributed by atoms with Crippen LogP contribution in [0.5, 0.6) is 0 Å². The summed E-state index contributed by atoms with van der Waals surface area (Å²) >= 11 is 0.569. The number of benzene rings is 3. The van der Waals surface area contributed by atoms with Gasteiger partial charge in [0, 0.05) is 36.7 Å². The molecule has 0 radical (unpaired) electrons. The summed E-state index contributed by atoms with van der Waals surface area (Å²) in [6, 6.07) is 37.7. The van der Waals surface area contributed by atoms with Crippen LogP contribution in [-0.4, -0.2) is 9.97 Å². The Morgan fingerprint density at radius 3 is 1.85 bits per heavy atom. The molecule has 3 nitrogen and oxygen atoms in total. The Kier molecular flexibility index (Phi) is 8.91. The zero-order chi connectivity index (χ0) is 23.6. The molecule has 7 heteroatoms. The molecule has 0 saturated heterocycles. The third-order valence-electron chi connectivity index (χ3n) is 5.37. The molecule has 174 valence electrons. The summed E-state index contributed by atoms with van der Waals surface area (Å²) in [7, 11) is 7.18. The third-order valence-corrected chi connectivity index (χ3v) is 9.02. The van der Waals surface area contributed by atoms with Crippen molar-refractivity contribution in [3.05, 3.63) is 127 Å². The van der Waals surface area contributed by atoms with Gasteiger partial charge in [-0.1, -0.05) is 84.9 Å². The third kappa shape index (κ3) is 5.77. The number of fused-ring (bicyclic) bond motifs is 1. The van der Waals surface area contributed by atoms with E-state index in [1.165, 1.54) is 10.6 Å². The number of hydrogen-bond donors (Lipinski definition) is 0. The monoisotopic (exact) mass is 547 g/mol. The smallest absolute Gasteiger partial charge is 0.0957 e. The second-order valence-electron chi connectivity index (χ2n) is 7.42. The van der Waals surface area contributed by atoms with Crippen molar-refractivity contribution in [3.63, 3.8) is 0 Å². The molecule has 0 fully saturated rings. The number of hydrogen-bond acceptors (Lipinski definition) is 3. The summed E-state index contributed by atoms with van der Waals surface area (Å²) in [5.74, 6) is 0. The SMILES string of the molecule is [Cl][Ni][Cl].c1ccc(P(Cc2ccccn2)(=Nc2cccc3cccnc23)c2ccccc2)cc1. The van der Waals surface area contributed by atoms with Crippen molar-refractivity contribution in [3.8, 4) is 0 Å². The van der Waals surface area contributed by atoms with E-state index in [0.29, 0.717) is 12.7 Å². The van der Waals surface area contributed by atoms with E-state index in [1.54, 1.807) is 0 Å². The molecule has 0 saturated carbocycles. The van der Waals surface area contributed by atoms with E-state index in [-0.39, 0.29) is 0 Å². The molecular formula is C27H22Cl2N3NiP. The quantitative estimate of drug-likeness (QED) is 0.167. The molecule has 5 rings (SSSR count). The maximum absolute atomic E-state index is 5.56. The predicted octanol–water partition coefficient (Wildman–Crippen LogP) is 7.69. The first-order valence-electron chi connectivity index (χ1n) is 10.6. The summed E-state index contributed by atoms with van der Waals surface area (Å²) in [5, 5.41) is 3.57. The summed E-state index contributed by atoms with van der Waals surface area (Å²) in [4.78, 5) is 9.34. The molecule has 0 aliphatic heterocycles. The average Bonchev–Trinajstić information content (AvgIpc) is 2.90. The maximum atomic E-state index is 5.56. The van der Waals surface area contributed by atoms with Gasteiger partial charge in [0.1, 0.15) is 0 Å². The van der Waals surface area contributed by atoms with Crippen molar-refractivity contribution in [2.75, 3.05) is 0 Å². The molecule has 0 spiro atoms. The maximum Gasteiger partial charge on any atom is 0.0957 e. The first kappa shape index (κ1) is 24.6. The minimum Gasteiger partial charge on any atom is -0.261 e. The van der Waals surface area contributed by atoms with Gasteiger partial charge in [-0.3, -0.25) is 14.7 Å². The van der Waals surface area contributed by atoms with Crippen molar-refractivity contribution >= 4 is 54.6 Å². The Morgan fingerprint density at radius 2 is 1.24 bits per heavy atom. The molecule has 0 bridgehead atoms. The standard InChI is InChI=1S/C27H22N3P.2ClH.Ni/c1-3-14-24(15-4-1)31(25-16-5-2-6-17-25,21-23-13-7-8-19-28-23)30-26-18-9-11-22-12-10-20-29-27(22)26;;;/h1-20H,21H2;2*1H;/q;;;+2/p-2. The van der Waals surface area contributed by atoms with Gasteiger partial charge < -0.3 is 0 Å². The molecule has 0 aliphatic rings. The van der Waals surface area contributed by atoms with Crippen LogP contribution in [0.4, 0.5) is 5.69 Å². The van der Waals surface area contributed by atoms with Crippen LogP contribution in [0.15, 0.2) is 126 Å². The molecule has 0 amide bonds. The van der Waals surface area contributed by atoms with Gasteiger partial charge in [-0.15, -0.1) is 0 Å². The molecule has 5 aromatic rings. The molecule has 0 aliphatic carbocycles. The van der Waals surface area contributed by atoms with Gasteiger partial charge >= 0.3 is 33.0 Å². The number of pyridine rings is 2. The fourth-order valence-corrected chi connectivity index (χ4v) is 7.39. The second-order valence-corrected chi connectivity index (χ2v) is 12.1. The van der Waals surface area contributed by atoms with Gasteiger partial charge in [0.2, 0.25) is 0 Å². The van der Waals surface area contributed by atoms with Gasteiger partial charge in [0.25, 0.3) is 0 Å². The van der Waals surface area contributed by atoms with Crippen LogP contribution in [0.25, 0.3) is 10.9 Å². The van der Waals surface area contributed by atoms with E-state index >= 15 is 0 Å². The largest absolute Gasteiger partial charge is 0.261 e. The number of rotatable bonds is 5. The summed E-state index contributed by atoms with van der Waals surface area (Å²) in [5.41, 5.74) is 2.90. The Bertz CT molecular complexity index is 1340. The van der Waals surface area contributed by atoms with Gasteiger partial charge in [0.05, 0.1) is 11.2 Å². The van der Waals surface area contributed by atoms with Crippen LogP contribution in [0, 0.1) is 0 Å². The molecule has 34 heavy (non-hydrogen) atoms. The summed E-state index contributed by atoms with van der Waals surface area (Å²) in [6.07, 6.45) is 4.45. The Morgan fingerprint density at radius 1 is 0.647 bits per heavy atom. The Labute approximate surface area is 214 Å². The zero-order valence-corrected chi connectivity index (χ0v) is 21.5. The molecule has 0 N–H and O–H groups in total. The van der Waals surface area contributed by atoms with E-state index < -0.39 is 7.05 Å². The van der Waals surface area contributed by atoms with E-state index in [9.17, 15) is 0 Å². The Hall–Kier alpha value is -2.48. The van der Waals surface area contributed by atoms with Gasteiger partial charge in [-0.25, -0.2) is 0 Å². The Balaban J connectivity index is 0.000000868. The predicted molar refractivity (Wildman–Crippen MR) is 143 cm³/mol. The molecule has 3 aromatic carbocycles. The van der Waals surface area contributed by atoms with E-state index in [1.807, 2.05) is 30.6 Å². The van der Waals surface area contributed by atoms with E-state index in [4.69, 9.17) is 25.1 Å². The zero-order valence-electron chi connectivity index (χ0n) is 18.1. The molecule has 0 atom stereocenters. The fourth-order valence-electron chi connectivity index (χ4n) is 3.91. The van der Waals surface area contributed by atoms with Crippen molar-refractivity contribution < 1.29 is 12.7 Å². The van der Waals surface area contributed by atoms with Crippen LogP contribution in [0.2, 0.25) is 0 Å². The number of halogens is 2. The van der Waals surface area contributed by atoms with Crippen molar-refractivity contribution in [2.24, 2.45) is 4.74 Å². The van der Waals surface area contributed by atoms with Gasteiger partial charge in [0.15, 0.2) is 0 Å². The van der Waals surface area contributed by atoms with Gasteiger partial charge in [-0.05, 0) is 34.9 Å².